The first-order valence-electron chi connectivity index (χ1n) is 4.37. The molecule has 1 rings (SSSR count). The summed E-state index contributed by atoms with van der Waals surface area (Å²) >= 11 is 0. The molecule has 2 radical (unpaired) electrons. The molecule has 0 bridgehead atoms. The van der Waals surface area contributed by atoms with Gasteiger partial charge in [0.15, 0.2) is 0 Å². The van der Waals surface area contributed by atoms with Crippen molar-refractivity contribution >= 4 is 61.6 Å². The van der Waals surface area contributed by atoms with Gasteiger partial charge in [-0.2, -0.15) is 0 Å². The van der Waals surface area contributed by atoms with Crippen LogP contribution in [0.15, 0.2) is 12.1 Å². The first kappa shape index (κ1) is 20.6. The maximum atomic E-state index is 10.8. The molecule has 0 aromatic heterocycles. The van der Waals surface area contributed by atoms with E-state index in [1.807, 2.05) is 0 Å². The molecule has 0 atom stereocenters. The quantitative estimate of drug-likeness (QED) is 0.544. The first-order chi connectivity index (χ1) is 8.25. The van der Waals surface area contributed by atoms with Gasteiger partial charge in [0, 0.05) is 37.7 Å². The first-order valence-corrected chi connectivity index (χ1v) is 4.37. The van der Waals surface area contributed by atoms with Crippen molar-refractivity contribution < 1.29 is 39.6 Å². The van der Waals surface area contributed by atoms with Gasteiger partial charge in [0.25, 0.3) is 0 Å². The maximum absolute atomic E-state index is 10.8. The molecular formula is C10H6Li2O8. The van der Waals surface area contributed by atoms with Gasteiger partial charge in [-0.1, -0.05) is 0 Å². The summed E-state index contributed by atoms with van der Waals surface area (Å²) in [6, 6.07) is 1.02. The van der Waals surface area contributed by atoms with Crippen molar-refractivity contribution in [3.63, 3.8) is 0 Å². The number of hydrogen-bond donors (Lipinski definition) is 4. The predicted molar refractivity (Wildman–Crippen MR) is 65.8 cm³/mol. The van der Waals surface area contributed by atoms with Crippen molar-refractivity contribution in [2.45, 2.75) is 0 Å². The van der Waals surface area contributed by atoms with E-state index in [-0.39, 0.29) is 37.7 Å². The zero-order valence-corrected chi connectivity index (χ0v) is 10.6. The molecule has 0 aliphatic carbocycles. The SMILES string of the molecule is O=C(O)c1cc(C(=O)O)c(C(=O)O)cc1C(=O)O.[Li].[Li]. The van der Waals surface area contributed by atoms with Crippen molar-refractivity contribution in [3.8, 4) is 0 Å². The molecule has 0 unspecified atom stereocenters. The van der Waals surface area contributed by atoms with Crippen LogP contribution in [0.5, 0.6) is 0 Å². The largest absolute Gasteiger partial charge is 0.478 e. The molecule has 0 spiro atoms. The third-order valence-corrected chi connectivity index (χ3v) is 2.08. The molecule has 20 heavy (non-hydrogen) atoms. The van der Waals surface area contributed by atoms with Crippen molar-refractivity contribution in [1.82, 2.24) is 0 Å². The second kappa shape index (κ2) is 7.78. The van der Waals surface area contributed by atoms with Crippen LogP contribution >= 0.6 is 0 Å². The molecule has 0 fully saturated rings. The number of carbonyl (C=O) groups is 4. The van der Waals surface area contributed by atoms with Crippen molar-refractivity contribution in [2.75, 3.05) is 0 Å². The van der Waals surface area contributed by atoms with Crippen molar-refractivity contribution in [1.29, 1.82) is 0 Å². The van der Waals surface area contributed by atoms with E-state index in [4.69, 9.17) is 20.4 Å². The summed E-state index contributed by atoms with van der Waals surface area (Å²) in [5.41, 5.74) is -3.15. The average molecular weight is 268 g/mol. The summed E-state index contributed by atoms with van der Waals surface area (Å²) in [4.78, 5) is 43.1. The Labute approximate surface area is 135 Å². The molecule has 8 nitrogen and oxygen atoms in total. The summed E-state index contributed by atoms with van der Waals surface area (Å²) in [7, 11) is 0. The molecule has 0 aliphatic heterocycles. The second-order valence-corrected chi connectivity index (χ2v) is 3.16. The Morgan fingerprint density at radius 3 is 0.800 bits per heavy atom. The van der Waals surface area contributed by atoms with Crippen LogP contribution in [0.2, 0.25) is 0 Å². The third kappa shape index (κ3) is 4.15. The fraction of sp³-hybridized carbons (Fsp3) is 0. The Balaban J connectivity index is 0. The number of carboxylic acids is 4. The van der Waals surface area contributed by atoms with Crippen molar-refractivity contribution in [3.05, 3.63) is 34.4 Å². The maximum Gasteiger partial charge on any atom is 0.336 e. The number of aromatic carboxylic acids is 4. The average Bonchev–Trinajstić information content (AvgIpc) is 2.26. The van der Waals surface area contributed by atoms with Crippen LogP contribution in [0.25, 0.3) is 0 Å². The minimum atomic E-state index is -1.66. The third-order valence-electron chi connectivity index (χ3n) is 2.08. The topological polar surface area (TPSA) is 149 Å². The predicted octanol–water partition coefficient (Wildman–Crippen LogP) is -0.282. The number of rotatable bonds is 4. The zero-order chi connectivity index (χ0) is 14.0. The molecule has 1 aromatic carbocycles. The summed E-state index contributed by atoms with van der Waals surface area (Å²) in [6.45, 7) is 0. The standard InChI is InChI=1S/C10H6O8.2Li/c11-7(12)3-1-4(8(13)14)6(10(17)18)2-5(3)9(15)16;;/h1-2H,(H,11,12)(H,13,14)(H,15,16)(H,17,18);;. The Kier molecular flexibility index (Phi) is 8.02. The van der Waals surface area contributed by atoms with E-state index in [1.54, 1.807) is 0 Å². The fourth-order valence-electron chi connectivity index (χ4n) is 1.31. The summed E-state index contributed by atoms with van der Waals surface area (Å²) in [6.07, 6.45) is 0. The van der Waals surface area contributed by atoms with Crippen LogP contribution in [0.1, 0.15) is 41.4 Å². The van der Waals surface area contributed by atoms with Gasteiger partial charge >= 0.3 is 23.9 Å². The molecule has 10 heteroatoms. The monoisotopic (exact) mass is 268 g/mol. The molecule has 1 aromatic rings. The fourth-order valence-corrected chi connectivity index (χ4v) is 1.31. The normalized spacial score (nSPS) is 8.80. The minimum Gasteiger partial charge on any atom is -0.478 e. The van der Waals surface area contributed by atoms with Crippen LogP contribution in [-0.4, -0.2) is 82.0 Å². The molecule has 0 heterocycles. The van der Waals surface area contributed by atoms with Gasteiger partial charge in [-0.05, 0) is 12.1 Å². The number of hydrogen-bond acceptors (Lipinski definition) is 4. The van der Waals surface area contributed by atoms with Crippen LogP contribution in [0.3, 0.4) is 0 Å². The number of carboxylic acid groups (broad SMARTS) is 4. The summed E-state index contributed by atoms with van der Waals surface area (Å²) < 4.78 is 0. The second-order valence-electron chi connectivity index (χ2n) is 3.16. The van der Waals surface area contributed by atoms with E-state index in [0.29, 0.717) is 12.1 Å². The van der Waals surface area contributed by atoms with Crippen LogP contribution < -0.4 is 0 Å². The van der Waals surface area contributed by atoms with Crippen LogP contribution in [0.4, 0.5) is 0 Å². The van der Waals surface area contributed by atoms with Gasteiger partial charge in [-0.25, -0.2) is 19.2 Å². The van der Waals surface area contributed by atoms with Crippen LogP contribution in [0, 0.1) is 0 Å². The molecule has 0 aliphatic rings. The van der Waals surface area contributed by atoms with Gasteiger partial charge in [0.1, 0.15) is 0 Å². The smallest absolute Gasteiger partial charge is 0.336 e. The van der Waals surface area contributed by atoms with E-state index < -0.39 is 46.1 Å². The Morgan fingerprint density at radius 1 is 0.550 bits per heavy atom. The minimum absolute atomic E-state index is 0. The van der Waals surface area contributed by atoms with E-state index in [1.165, 1.54) is 0 Å². The molecular weight excluding hydrogens is 262 g/mol. The molecule has 0 saturated heterocycles. The molecule has 4 N–H and O–H groups in total. The van der Waals surface area contributed by atoms with E-state index in [0.717, 1.165) is 0 Å². The van der Waals surface area contributed by atoms with E-state index >= 15 is 0 Å². The molecule has 0 amide bonds. The molecule has 96 valence electrons. The Bertz CT molecular complexity index is 483. The number of benzene rings is 1. The molecule has 0 saturated carbocycles. The van der Waals surface area contributed by atoms with Crippen LogP contribution in [-0.2, 0) is 0 Å². The summed E-state index contributed by atoms with van der Waals surface area (Å²) in [5.74, 6) is -6.64. The van der Waals surface area contributed by atoms with E-state index in [2.05, 4.69) is 0 Å². The Morgan fingerprint density at radius 2 is 0.700 bits per heavy atom. The van der Waals surface area contributed by atoms with Crippen molar-refractivity contribution in [2.24, 2.45) is 0 Å². The van der Waals surface area contributed by atoms with Gasteiger partial charge < -0.3 is 20.4 Å². The Hall–Kier alpha value is -1.71. The van der Waals surface area contributed by atoms with Gasteiger partial charge in [0.2, 0.25) is 0 Å². The van der Waals surface area contributed by atoms with E-state index in [9.17, 15) is 19.2 Å². The van der Waals surface area contributed by atoms with Gasteiger partial charge in [-0.15, -0.1) is 0 Å². The summed E-state index contributed by atoms with van der Waals surface area (Å²) in [5, 5.41) is 35.0. The van der Waals surface area contributed by atoms with Gasteiger partial charge in [0.05, 0.1) is 22.3 Å². The van der Waals surface area contributed by atoms with Gasteiger partial charge in [-0.3, -0.25) is 0 Å². The zero-order valence-electron chi connectivity index (χ0n) is 10.6.